The van der Waals surface area contributed by atoms with Crippen LogP contribution in [0.25, 0.3) is 0 Å². The largest absolute Gasteiger partial charge is 0.507 e. The molecule has 0 atom stereocenters. The quantitative estimate of drug-likeness (QED) is 0.465. The summed E-state index contributed by atoms with van der Waals surface area (Å²) >= 11 is 0. The number of aromatic hydroxyl groups is 1. The van der Waals surface area contributed by atoms with Gasteiger partial charge in [-0.2, -0.15) is 5.10 Å². The van der Waals surface area contributed by atoms with E-state index in [-0.39, 0.29) is 11.7 Å². The number of morpholine rings is 1. The van der Waals surface area contributed by atoms with Crippen molar-refractivity contribution in [3.05, 3.63) is 42.0 Å². The minimum Gasteiger partial charge on any atom is -0.507 e. The molecule has 0 radical (unpaired) electrons. The molecule has 1 aliphatic rings. The summed E-state index contributed by atoms with van der Waals surface area (Å²) in [6.45, 7) is 6.76. The number of para-hydroxylation sites is 1. The Morgan fingerprint density at radius 2 is 2.23 bits per heavy atom. The Kier molecular flexibility index (Phi) is 6.12. The molecule has 1 amide bonds. The highest BCUT2D eigenvalue weighted by molar-refractivity contribution is 5.86. The van der Waals surface area contributed by atoms with Crippen molar-refractivity contribution >= 4 is 12.1 Å². The van der Waals surface area contributed by atoms with Crippen molar-refractivity contribution < 1.29 is 14.6 Å². The molecule has 1 aromatic rings. The third-order valence-electron chi connectivity index (χ3n) is 3.38. The van der Waals surface area contributed by atoms with Gasteiger partial charge in [0, 0.05) is 18.7 Å². The van der Waals surface area contributed by atoms with E-state index in [0.29, 0.717) is 31.7 Å². The van der Waals surface area contributed by atoms with E-state index in [1.54, 1.807) is 12.1 Å². The lowest BCUT2D eigenvalue weighted by atomic mass is 10.1. The number of benzene rings is 1. The first kappa shape index (κ1) is 16.2. The van der Waals surface area contributed by atoms with Gasteiger partial charge in [0.15, 0.2) is 0 Å². The summed E-state index contributed by atoms with van der Waals surface area (Å²) in [5.41, 5.74) is 3.81. The van der Waals surface area contributed by atoms with Crippen LogP contribution in [0.4, 0.5) is 0 Å². The predicted octanol–water partition coefficient (Wildman–Crippen LogP) is 0.903. The molecular formula is C16H21N3O3. The fourth-order valence-corrected chi connectivity index (χ4v) is 2.21. The van der Waals surface area contributed by atoms with Crippen molar-refractivity contribution in [1.29, 1.82) is 0 Å². The second-order valence-corrected chi connectivity index (χ2v) is 5.03. The number of phenolic OH excluding ortho intramolecular Hbond substituents is 1. The maximum absolute atomic E-state index is 11.8. The number of hydrogen-bond acceptors (Lipinski definition) is 5. The van der Waals surface area contributed by atoms with E-state index in [1.165, 1.54) is 6.21 Å². The molecule has 6 heteroatoms. The zero-order valence-corrected chi connectivity index (χ0v) is 12.5. The molecule has 0 spiro atoms. The number of rotatable bonds is 6. The molecule has 1 aromatic carbocycles. The van der Waals surface area contributed by atoms with Gasteiger partial charge in [-0.1, -0.05) is 18.2 Å². The van der Waals surface area contributed by atoms with Gasteiger partial charge in [-0.3, -0.25) is 9.69 Å². The molecular weight excluding hydrogens is 282 g/mol. The first-order valence-corrected chi connectivity index (χ1v) is 7.24. The van der Waals surface area contributed by atoms with Crippen LogP contribution in [-0.4, -0.2) is 55.0 Å². The van der Waals surface area contributed by atoms with Crippen LogP contribution in [0.3, 0.4) is 0 Å². The van der Waals surface area contributed by atoms with E-state index in [4.69, 9.17) is 4.74 Å². The molecule has 2 N–H and O–H groups in total. The van der Waals surface area contributed by atoms with Gasteiger partial charge in [0.2, 0.25) is 0 Å². The molecule has 22 heavy (non-hydrogen) atoms. The Bertz CT molecular complexity index is 552. The summed E-state index contributed by atoms with van der Waals surface area (Å²) in [6.07, 6.45) is 3.75. The SMILES string of the molecule is C=CCc1cccc(/C=N/NC(=O)CN2CCOCC2)c1O. The average molecular weight is 303 g/mol. The van der Waals surface area contributed by atoms with Crippen molar-refractivity contribution in [3.8, 4) is 5.75 Å². The Labute approximate surface area is 130 Å². The molecule has 1 aliphatic heterocycles. The summed E-state index contributed by atoms with van der Waals surface area (Å²) in [5, 5.41) is 14.0. The van der Waals surface area contributed by atoms with E-state index in [0.717, 1.165) is 18.7 Å². The molecule has 1 saturated heterocycles. The van der Waals surface area contributed by atoms with Gasteiger partial charge in [-0.05, 0) is 18.1 Å². The maximum atomic E-state index is 11.8. The number of hydrazone groups is 1. The molecule has 2 rings (SSSR count). The minimum atomic E-state index is -0.181. The van der Waals surface area contributed by atoms with Crippen LogP contribution >= 0.6 is 0 Å². The number of nitrogens with one attached hydrogen (secondary N) is 1. The smallest absolute Gasteiger partial charge is 0.254 e. The topological polar surface area (TPSA) is 74.2 Å². The average Bonchev–Trinajstić information content (AvgIpc) is 2.52. The second kappa shape index (κ2) is 8.31. The number of allylic oxidation sites excluding steroid dienone is 1. The summed E-state index contributed by atoms with van der Waals surface area (Å²) in [4.78, 5) is 13.8. The third-order valence-corrected chi connectivity index (χ3v) is 3.38. The number of phenols is 1. The van der Waals surface area contributed by atoms with Gasteiger partial charge in [0.25, 0.3) is 5.91 Å². The molecule has 118 valence electrons. The normalized spacial score (nSPS) is 15.8. The van der Waals surface area contributed by atoms with Gasteiger partial charge < -0.3 is 9.84 Å². The fraction of sp³-hybridized carbons (Fsp3) is 0.375. The van der Waals surface area contributed by atoms with Gasteiger partial charge in [0.1, 0.15) is 5.75 Å². The van der Waals surface area contributed by atoms with E-state index >= 15 is 0 Å². The molecule has 6 nitrogen and oxygen atoms in total. The molecule has 0 bridgehead atoms. The van der Waals surface area contributed by atoms with Crippen LogP contribution < -0.4 is 5.43 Å². The molecule has 1 fully saturated rings. The van der Waals surface area contributed by atoms with Gasteiger partial charge in [-0.15, -0.1) is 6.58 Å². The highest BCUT2D eigenvalue weighted by Crippen LogP contribution is 2.21. The van der Waals surface area contributed by atoms with Crippen LogP contribution in [0.5, 0.6) is 5.75 Å². The Morgan fingerprint density at radius 3 is 2.95 bits per heavy atom. The van der Waals surface area contributed by atoms with Crippen molar-refractivity contribution in [2.45, 2.75) is 6.42 Å². The van der Waals surface area contributed by atoms with Crippen LogP contribution in [-0.2, 0) is 16.0 Å². The van der Waals surface area contributed by atoms with E-state index in [1.807, 2.05) is 17.0 Å². The molecule has 0 unspecified atom stereocenters. The number of amides is 1. The van der Waals surface area contributed by atoms with Crippen molar-refractivity contribution in [2.24, 2.45) is 5.10 Å². The summed E-state index contributed by atoms with van der Waals surface area (Å²) in [6, 6.07) is 5.39. The van der Waals surface area contributed by atoms with E-state index < -0.39 is 0 Å². The van der Waals surface area contributed by atoms with Crippen molar-refractivity contribution in [2.75, 3.05) is 32.8 Å². The standard InChI is InChI=1S/C16H21N3O3/c1-2-4-13-5-3-6-14(16(13)21)11-17-18-15(20)12-19-7-9-22-10-8-19/h2-3,5-6,11,21H,1,4,7-10,12H2,(H,18,20)/b17-11+. The summed E-state index contributed by atoms with van der Waals surface area (Å²) in [7, 11) is 0. The monoisotopic (exact) mass is 303 g/mol. The zero-order valence-electron chi connectivity index (χ0n) is 12.5. The highest BCUT2D eigenvalue weighted by Gasteiger charge is 2.13. The number of ether oxygens (including phenoxy) is 1. The third kappa shape index (κ3) is 4.68. The van der Waals surface area contributed by atoms with Gasteiger partial charge in [0.05, 0.1) is 26.0 Å². The molecule has 1 heterocycles. The lowest BCUT2D eigenvalue weighted by molar-refractivity contribution is -0.123. The van der Waals surface area contributed by atoms with E-state index in [9.17, 15) is 9.90 Å². The maximum Gasteiger partial charge on any atom is 0.254 e. The number of carbonyl (C=O) groups excluding carboxylic acids is 1. The molecule has 0 aliphatic carbocycles. The molecule has 0 saturated carbocycles. The lowest BCUT2D eigenvalue weighted by Gasteiger charge is -2.25. The predicted molar refractivity (Wildman–Crippen MR) is 85.0 cm³/mol. The Balaban J connectivity index is 1.87. The first-order valence-electron chi connectivity index (χ1n) is 7.24. The van der Waals surface area contributed by atoms with Crippen LogP contribution in [0.1, 0.15) is 11.1 Å². The van der Waals surface area contributed by atoms with Crippen molar-refractivity contribution in [1.82, 2.24) is 10.3 Å². The minimum absolute atomic E-state index is 0.161. The summed E-state index contributed by atoms with van der Waals surface area (Å²) < 4.78 is 5.23. The van der Waals surface area contributed by atoms with Gasteiger partial charge >= 0.3 is 0 Å². The zero-order chi connectivity index (χ0) is 15.8. The van der Waals surface area contributed by atoms with Gasteiger partial charge in [-0.25, -0.2) is 5.43 Å². The van der Waals surface area contributed by atoms with Crippen molar-refractivity contribution in [3.63, 3.8) is 0 Å². The van der Waals surface area contributed by atoms with E-state index in [2.05, 4.69) is 17.1 Å². The second-order valence-electron chi connectivity index (χ2n) is 5.03. The molecule has 0 aromatic heterocycles. The number of carbonyl (C=O) groups is 1. The first-order chi connectivity index (χ1) is 10.7. The highest BCUT2D eigenvalue weighted by atomic mass is 16.5. The summed E-state index contributed by atoms with van der Waals surface area (Å²) in [5.74, 6) is -0.0199. The Hall–Kier alpha value is -2.18. The number of nitrogens with zero attached hydrogens (tertiary/aromatic N) is 2. The van der Waals surface area contributed by atoms with Crippen LogP contribution in [0, 0.1) is 0 Å². The fourth-order valence-electron chi connectivity index (χ4n) is 2.21. The Morgan fingerprint density at radius 1 is 1.45 bits per heavy atom. The van der Waals surface area contributed by atoms with Crippen LogP contribution in [0.2, 0.25) is 0 Å². The lowest BCUT2D eigenvalue weighted by Crippen LogP contribution is -2.42. The van der Waals surface area contributed by atoms with Crippen LogP contribution in [0.15, 0.2) is 36.0 Å². The number of hydrogen-bond donors (Lipinski definition) is 2.